The maximum atomic E-state index is 13.4. The Labute approximate surface area is 155 Å². The molecule has 0 aliphatic heterocycles. The van der Waals surface area contributed by atoms with Crippen molar-refractivity contribution < 1.29 is 17.9 Å². The van der Waals surface area contributed by atoms with Gasteiger partial charge >= 0.3 is 6.18 Å². The van der Waals surface area contributed by atoms with E-state index in [0.29, 0.717) is 0 Å². The van der Waals surface area contributed by atoms with E-state index >= 15 is 0 Å². The fraction of sp³-hybridized carbons (Fsp3) is 0.188. The quantitative estimate of drug-likeness (QED) is 0.536. The Bertz CT molecular complexity index is 1110. The number of anilines is 1. The van der Waals surface area contributed by atoms with Gasteiger partial charge in [0.2, 0.25) is 5.65 Å². The second kappa shape index (κ2) is 6.79. The molecule has 144 valence electrons. The molecule has 0 radical (unpaired) electrons. The molecule has 0 saturated heterocycles. The highest BCUT2D eigenvalue weighted by Gasteiger charge is 2.38. The number of pyridine rings is 1. The number of benzene rings is 1. The molecule has 28 heavy (non-hydrogen) atoms. The summed E-state index contributed by atoms with van der Waals surface area (Å²) in [4.78, 5) is 4.93. The summed E-state index contributed by atoms with van der Waals surface area (Å²) >= 11 is 0. The molecular weight excluding hydrogens is 377 g/mol. The van der Waals surface area contributed by atoms with Gasteiger partial charge in [-0.3, -0.25) is 0 Å². The van der Waals surface area contributed by atoms with Crippen LogP contribution >= 0.6 is 0 Å². The summed E-state index contributed by atoms with van der Waals surface area (Å²) in [5.41, 5.74) is 5.41. The highest BCUT2D eigenvalue weighted by Crippen LogP contribution is 2.31. The zero-order chi connectivity index (χ0) is 19.7. The summed E-state index contributed by atoms with van der Waals surface area (Å²) in [5.74, 6) is 0.238. The van der Waals surface area contributed by atoms with Crippen molar-refractivity contribution in [3.8, 4) is 5.75 Å². The lowest BCUT2D eigenvalue weighted by Crippen LogP contribution is -2.11. The van der Waals surface area contributed by atoms with E-state index in [-0.39, 0.29) is 35.0 Å². The average molecular weight is 390 g/mol. The number of rotatable bonds is 5. The fourth-order valence-corrected chi connectivity index (χ4v) is 2.60. The Morgan fingerprint density at radius 2 is 1.89 bits per heavy atom. The van der Waals surface area contributed by atoms with Gasteiger partial charge in [0.05, 0.1) is 6.54 Å². The molecule has 3 aromatic heterocycles. The van der Waals surface area contributed by atoms with Gasteiger partial charge in [0.1, 0.15) is 18.1 Å². The van der Waals surface area contributed by atoms with Crippen LogP contribution in [0.15, 0.2) is 36.4 Å². The third-order valence-corrected chi connectivity index (χ3v) is 3.80. The van der Waals surface area contributed by atoms with Crippen molar-refractivity contribution in [3.63, 3.8) is 0 Å². The normalized spacial score (nSPS) is 11.8. The van der Waals surface area contributed by atoms with Gasteiger partial charge in [0.25, 0.3) is 0 Å². The Morgan fingerprint density at radius 3 is 2.64 bits per heavy atom. The molecule has 3 N–H and O–H groups in total. The van der Waals surface area contributed by atoms with Gasteiger partial charge < -0.3 is 10.5 Å². The third kappa shape index (κ3) is 3.56. The fourth-order valence-electron chi connectivity index (χ4n) is 2.60. The number of nitrogens with zero attached hydrogens (tertiary/aromatic N) is 6. The van der Waals surface area contributed by atoms with E-state index in [2.05, 4.69) is 30.6 Å². The number of halogens is 3. The zero-order valence-electron chi connectivity index (χ0n) is 14.2. The number of ether oxygens (including phenoxy) is 1. The minimum atomic E-state index is -4.67. The van der Waals surface area contributed by atoms with Crippen molar-refractivity contribution in [3.05, 3.63) is 53.3 Å². The number of alkyl halides is 3. The molecule has 1 aromatic carbocycles. The maximum absolute atomic E-state index is 13.4. The number of fused-ring (bicyclic) bond motifs is 1. The van der Waals surface area contributed by atoms with Gasteiger partial charge in [0, 0.05) is 6.07 Å². The van der Waals surface area contributed by atoms with Crippen molar-refractivity contribution in [2.24, 2.45) is 0 Å². The van der Waals surface area contributed by atoms with Gasteiger partial charge in [0.15, 0.2) is 17.0 Å². The molecule has 0 bridgehead atoms. The van der Waals surface area contributed by atoms with Gasteiger partial charge in [-0.05, 0) is 5.56 Å². The van der Waals surface area contributed by atoms with Crippen LogP contribution in [0.25, 0.3) is 11.2 Å². The van der Waals surface area contributed by atoms with Gasteiger partial charge in [-0.1, -0.05) is 30.3 Å². The van der Waals surface area contributed by atoms with Crippen LogP contribution in [0.1, 0.15) is 17.0 Å². The van der Waals surface area contributed by atoms with Crippen LogP contribution in [0.5, 0.6) is 5.75 Å². The molecule has 0 aliphatic carbocycles. The monoisotopic (exact) mass is 390 g/mol. The molecule has 0 unspecified atom stereocenters. The minimum Gasteiger partial charge on any atom is -0.485 e. The lowest BCUT2D eigenvalue weighted by Gasteiger charge is -2.07. The van der Waals surface area contributed by atoms with Crippen molar-refractivity contribution in [1.29, 1.82) is 0 Å². The Morgan fingerprint density at radius 1 is 1.11 bits per heavy atom. The maximum Gasteiger partial charge on any atom is 0.437 e. The van der Waals surface area contributed by atoms with Crippen LogP contribution in [-0.4, -0.2) is 35.4 Å². The number of nitrogens with two attached hydrogens (primary N) is 1. The molecule has 3 heterocycles. The molecule has 0 saturated carbocycles. The Hall–Kier alpha value is -3.70. The number of H-pyrrole nitrogens is 1. The molecular formula is C16H13F3N8O. The molecule has 0 atom stereocenters. The first kappa shape index (κ1) is 17.7. The SMILES string of the molecule is Nc1cc(OCc2nn(Cc3ccccc3)nc2C(F)(F)F)c2n[nH]nc2n1. The second-order valence-corrected chi connectivity index (χ2v) is 5.84. The van der Waals surface area contributed by atoms with E-state index in [9.17, 15) is 13.2 Å². The number of aromatic amines is 1. The summed E-state index contributed by atoms with van der Waals surface area (Å²) in [6.45, 7) is -0.380. The number of nitrogens with one attached hydrogen (secondary N) is 1. The highest BCUT2D eigenvalue weighted by atomic mass is 19.4. The summed E-state index contributed by atoms with van der Waals surface area (Å²) in [7, 11) is 0. The first-order valence-electron chi connectivity index (χ1n) is 8.05. The van der Waals surface area contributed by atoms with Crippen LogP contribution in [0, 0.1) is 0 Å². The Balaban J connectivity index is 1.62. The first-order valence-corrected chi connectivity index (χ1v) is 8.05. The van der Waals surface area contributed by atoms with Crippen LogP contribution in [0.3, 0.4) is 0 Å². The lowest BCUT2D eigenvalue weighted by molar-refractivity contribution is -0.142. The number of hydrogen-bond donors (Lipinski definition) is 2. The molecule has 0 amide bonds. The minimum absolute atomic E-state index is 0.0969. The van der Waals surface area contributed by atoms with Crippen LogP contribution in [0.4, 0.5) is 19.0 Å². The highest BCUT2D eigenvalue weighted by molar-refractivity contribution is 5.78. The van der Waals surface area contributed by atoms with Gasteiger partial charge in [-0.15, -0.1) is 10.2 Å². The number of aromatic nitrogens is 7. The lowest BCUT2D eigenvalue weighted by atomic mass is 10.2. The van der Waals surface area contributed by atoms with Crippen molar-refractivity contribution in [1.82, 2.24) is 35.4 Å². The molecule has 4 rings (SSSR count). The van der Waals surface area contributed by atoms with E-state index in [0.717, 1.165) is 10.4 Å². The topological polar surface area (TPSA) is 120 Å². The van der Waals surface area contributed by atoms with Crippen LogP contribution in [0.2, 0.25) is 0 Å². The number of hydrogen-bond acceptors (Lipinski definition) is 7. The molecule has 12 heteroatoms. The van der Waals surface area contributed by atoms with Crippen LogP contribution < -0.4 is 10.5 Å². The van der Waals surface area contributed by atoms with E-state index in [1.54, 1.807) is 24.3 Å². The van der Waals surface area contributed by atoms with Crippen LogP contribution in [-0.2, 0) is 19.3 Å². The summed E-state index contributed by atoms with van der Waals surface area (Å²) < 4.78 is 45.6. The molecule has 4 aromatic rings. The van der Waals surface area contributed by atoms with Crippen molar-refractivity contribution in [2.45, 2.75) is 19.3 Å². The first-order chi connectivity index (χ1) is 13.4. The predicted molar refractivity (Wildman–Crippen MR) is 91.0 cm³/mol. The molecule has 9 nitrogen and oxygen atoms in total. The van der Waals surface area contributed by atoms with Crippen molar-refractivity contribution in [2.75, 3.05) is 5.73 Å². The average Bonchev–Trinajstić information content (AvgIpc) is 3.27. The zero-order valence-corrected chi connectivity index (χ0v) is 14.2. The summed E-state index contributed by atoms with van der Waals surface area (Å²) in [6, 6.07) is 10.3. The summed E-state index contributed by atoms with van der Waals surface area (Å²) in [5, 5.41) is 17.5. The molecule has 0 aliphatic rings. The standard InChI is InChI=1S/C16H13F3N8O/c17-16(18,19)14-10(24-27(25-14)7-9-4-2-1-3-5-9)8-28-11-6-12(20)21-15-13(11)22-26-23-15/h1-6H,7-8H2,(H3,20,21,22,23,26). The van der Waals surface area contributed by atoms with Gasteiger partial charge in [-0.25, -0.2) is 4.98 Å². The number of nitrogen functional groups attached to an aromatic ring is 1. The molecule has 0 fully saturated rings. The smallest absolute Gasteiger partial charge is 0.437 e. The van der Waals surface area contributed by atoms with E-state index in [1.165, 1.54) is 6.07 Å². The van der Waals surface area contributed by atoms with Gasteiger partial charge in [-0.2, -0.15) is 33.4 Å². The Kier molecular flexibility index (Phi) is 4.29. The van der Waals surface area contributed by atoms with Crippen molar-refractivity contribution >= 4 is 17.0 Å². The van der Waals surface area contributed by atoms with E-state index < -0.39 is 18.5 Å². The second-order valence-electron chi connectivity index (χ2n) is 5.84. The summed E-state index contributed by atoms with van der Waals surface area (Å²) in [6.07, 6.45) is -4.67. The largest absolute Gasteiger partial charge is 0.485 e. The van der Waals surface area contributed by atoms with E-state index in [1.807, 2.05) is 6.07 Å². The third-order valence-electron chi connectivity index (χ3n) is 3.80. The molecule has 0 spiro atoms. The van der Waals surface area contributed by atoms with E-state index in [4.69, 9.17) is 10.5 Å². The predicted octanol–water partition coefficient (Wildman–Crippen LogP) is 2.17.